The molecule has 1 rings (SSSR count). The Balaban J connectivity index is 2.63. The second kappa shape index (κ2) is 3.68. The molecule has 1 fully saturated rings. The van der Waals surface area contributed by atoms with E-state index in [2.05, 4.69) is 5.32 Å². The third-order valence-corrected chi connectivity index (χ3v) is 2.30. The van der Waals surface area contributed by atoms with Crippen LogP contribution in [0.4, 0.5) is 0 Å². The number of hydrogen-bond donors (Lipinski definition) is 5. The van der Waals surface area contributed by atoms with Crippen molar-refractivity contribution in [3.63, 3.8) is 0 Å². The fourth-order valence-electron chi connectivity index (χ4n) is 1.43. The smallest absolute Gasteiger partial charge is 0.109 e. The normalized spacial score (nSPS) is 49.2. The van der Waals surface area contributed by atoms with Crippen LogP contribution in [0.2, 0.25) is 0 Å². The van der Waals surface area contributed by atoms with E-state index in [0.717, 1.165) is 0 Å². The molecule has 0 aromatic rings. The third kappa shape index (κ3) is 1.60. The summed E-state index contributed by atoms with van der Waals surface area (Å²) < 4.78 is 0. The summed E-state index contributed by atoms with van der Waals surface area (Å²) >= 11 is 0. The second-order valence-electron chi connectivity index (χ2n) is 3.22. The molecule has 0 amide bonds. The molecule has 1 heterocycles. The van der Waals surface area contributed by atoms with Crippen LogP contribution in [-0.4, -0.2) is 57.4 Å². The fraction of sp³-hybridized carbons (Fsp3) is 1.00. The first kappa shape index (κ1) is 9.88. The zero-order valence-electron chi connectivity index (χ0n) is 6.88. The predicted molar refractivity (Wildman–Crippen MR) is 41.5 cm³/mol. The van der Waals surface area contributed by atoms with E-state index < -0.39 is 24.4 Å². The maximum Gasteiger partial charge on any atom is 0.109 e. The van der Waals surface area contributed by atoms with Crippen molar-refractivity contribution in [1.29, 1.82) is 0 Å². The molecule has 5 atom stereocenters. The fourth-order valence-corrected chi connectivity index (χ4v) is 1.43. The number of hydrogen-bond acceptors (Lipinski definition) is 5. The summed E-state index contributed by atoms with van der Waals surface area (Å²) in [5, 5.41) is 39.4. The first-order valence-electron chi connectivity index (χ1n) is 3.99. The van der Waals surface area contributed by atoms with Gasteiger partial charge in [-0.1, -0.05) is 0 Å². The summed E-state index contributed by atoms with van der Waals surface area (Å²) in [5.41, 5.74) is 0. The molecule has 0 bridgehead atoms. The number of aliphatic hydroxyl groups excluding tert-OH is 4. The van der Waals surface area contributed by atoms with Crippen molar-refractivity contribution in [2.75, 3.05) is 6.61 Å². The number of piperidine rings is 1. The molecule has 0 unspecified atom stereocenters. The lowest BCUT2D eigenvalue weighted by Crippen LogP contribution is -2.64. The average Bonchev–Trinajstić information content (AvgIpc) is 2.08. The third-order valence-electron chi connectivity index (χ3n) is 2.30. The highest BCUT2D eigenvalue weighted by molar-refractivity contribution is 4.96. The van der Waals surface area contributed by atoms with Crippen LogP contribution in [0.5, 0.6) is 0 Å². The van der Waals surface area contributed by atoms with Gasteiger partial charge in [-0.25, -0.2) is 0 Å². The Kier molecular flexibility index (Phi) is 3.03. The van der Waals surface area contributed by atoms with Crippen molar-refractivity contribution in [1.82, 2.24) is 5.32 Å². The molecule has 1 aliphatic rings. The van der Waals surface area contributed by atoms with E-state index in [1.807, 2.05) is 0 Å². The Morgan fingerprint density at radius 3 is 2.17 bits per heavy atom. The van der Waals surface area contributed by atoms with E-state index in [9.17, 15) is 15.3 Å². The van der Waals surface area contributed by atoms with E-state index >= 15 is 0 Å². The molecule has 12 heavy (non-hydrogen) atoms. The van der Waals surface area contributed by atoms with Gasteiger partial charge in [0.2, 0.25) is 0 Å². The van der Waals surface area contributed by atoms with Crippen molar-refractivity contribution in [2.24, 2.45) is 0 Å². The molecule has 0 spiro atoms. The lowest BCUT2D eigenvalue weighted by molar-refractivity contribution is -0.116. The van der Waals surface area contributed by atoms with Gasteiger partial charge < -0.3 is 25.7 Å². The monoisotopic (exact) mass is 177 g/mol. The molecule has 5 nitrogen and oxygen atoms in total. The standard InChI is InChI=1S/C7H15NO4/c1-3-5(10)7(12)6(11)4(2-9)8-3/h3-12H,2H2,1H3/t3-,4-,5-,6+,7+/m0/s1. The Hall–Kier alpha value is -0.200. The van der Waals surface area contributed by atoms with Crippen LogP contribution >= 0.6 is 0 Å². The maximum absolute atomic E-state index is 9.29. The minimum atomic E-state index is -1.18. The molecule has 5 N–H and O–H groups in total. The first-order valence-corrected chi connectivity index (χ1v) is 3.99. The molecule has 1 saturated heterocycles. The van der Waals surface area contributed by atoms with Gasteiger partial charge in [-0.05, 0) is 6.92 Å². The van der Waals surface area contributed by atoms with Crippen molar-refractivity contribution < 1.29 is 20.4 Å². The van der Waals surface area contributed by atoms with E-state index in [1.165, 1.54) is 0 Å². The molecule has 0 saturated carbocycles. The van der Waals surface area contributed by atoms with Gasteiger partial charge in [-0.15, -0.1) is 0 Å². The highest BCUT2D eigenvalue weighted by atomic mass is 16.4. The van der Waals surface area contributed by atoms with E-state index in [1.54, 1.807) is 6.92 Å². The van der Waals surface area contributed by atoms with Gasteiger partial charge in [0.25, 0.3) is 0 Å². The molecule has 5 heteroatoms. The van der Waals surface area contributed by atoms with Gasteiger partial charge in [0.05, 0.1) is 24.9 Å². The van der Waals surface area contributed by atoms with Gasteiger partial charge >= 0.3 is 0 Å². The highest BCUT2D eigenvalue weighted by Crippen LogP contribution is 2.14. The average molecular weight is 177 g/mol. The zero-order valence-corrected chi connectivity index (χ0v) is 6.88. The van der Waals surface area contributed by atoms with Gasteiger partial charge in [-0.3, -0.25) is 0 Å². The Bertz CT molecular complexity index is 150. The first-order chi connectivity index (χ1) is 5.57. The summed E-state index contributed by atoms with van der Waals surface area (Å²) in [6, 6.07) is -0.876. The van der Waals surface area contributed by atoms with Crippen LogP contribution in [0.15, 0.2) is 0 Å². The summed E-state index contributed by atoms with van der Waals surface area (Å²) in [6.07, 6.45) is -3.28. The van der Waals surface area contributed by atoms with Crippen LogP contribution in [0, 0.1) is 0 Å². The van der Waals surface area contributed by atoms with Crippen LogP contribution in [-0.2, 0) is 0 Å². The molecular weight excluding hydrogens is 162 g/mol. The van der Waals surface area contributed by atoms with Crippen molar-refractivity contribution >= 4 is 0 Å². The number of aliphatic hydroxyl groups is 4. The predicted octanol–water partition coefficient (Wildman–Crippen LogP) is -2.58. The van der Waals surface area contributed by atoms with Crippen LogP contribution in [0.25, 0.3) is 0 Å². The van der Waals surface area contributed by atoms with Crippen LogP contribution in [0.1, 0.15) is 6.92 Å². The quantitative estimate of drug-likeness (QED) is 0.303. The molecular formula is C7H15NO4. The second-order valence-corrected chi connectivity index (χ2v) is 3.22. The van der Waals surface area contributed by atoms with Gasteiger partial charge in [0, 0.05) is 6.04 Å². The maximum atomic E-state index is 9.29. The van der Waals surface area contributed by atoms with Gasteiger partial charge in [0.15, 0.2) is 0 Å². The largest absolute Gasteiger partial charge is 0.395 e. The van der Waals surface area contributed by atoms with E-state index in [4.69, 9.17) is 5.11 Å². The van der Waals surface area contributed by atoms with Crippen LogP contribution < -0.4 is 5.32 Å². The lowest BCUT2D eigenvalue weighted by Gasteiger charge is -2.39. The van der Waals surface area contributed by atoms with Crippen molar-refractivity contribution in [2.45, 2.75) is 37.3 Å². The Morgan fingerprint density at radius 2 is 1.67 bits per heavy atom. The van der Waals surface area contributed by atoms with Gasteiger partial charge in [0.1, 0.15) is 6.10 Å². The minimum Gasteiger partial charge on any atom is -0.395 e. The molecule has 0 aromatic carbocycles. The summed E-state index contributed by atoms with van der Waals surface area (Å²) in [5.74, 6) is 0. The van der Waals surface area contributed by atoms with Crippen LogP contribution in [0.3, 0.4) is 0 Å². The summed E-state index contributed by atoms with van der Waals surface area (Å²) in [4.78, 5) is 0. The van der Waals surface area contributed by atoms with Gasteiger partial charge in [-0.2, -0.15) is 0 Å². The highest BCUT2D eigenvalue weighted by Gasteiger charge is 2.39. The molecule has 0 aromatic heterocycles. The number of rotatable bonds is 1. The molecule has 0 radical (unpaired) electrons. The Labute approximate surface area is 70.6 Å². The molecule has 72 valence electrons. The topological polar surface area (TPSA) is 93.0 Å². The number of nitrogens with one attached hydrogen (secondary N) is 1. The summed E-state index contributed by atoms with van der Waals surface area (Å²) in [6.45, 7) is 1.43. The summed E-state index contributed by atoms with van der Waals surface area (Å²) in [7, 11) is 0. The molecule has 0 aliphatic carbocycles. The van der Waals surface area contributed by atoms with Crippen molar-refractivity contribution in [3.8, 4) is 0 Å². The SMILES string of the molecule is C[C@@H]1N[C@@H](CO)[C@@H](O)[C@H](O)[C@H]1O. The van der Waals surface area contributed by atoms with E-state index in [0.29, 0.717) is 0 Å². The Morgan fingerprint density at radius 1 is 1.08 bits per heavy atom. The lowest BCUT2D eigenvalue weighted by atomic mass is 9.91. The zero-order chi connectivity index (χ0) is 9.30. The van der Waals surface area contributed by atoms with E-state index in [-0.39, 0.29) is 12.6 Å². The molecule has 1 aliphatic heterocycles. The minimum absolute atomic E-state index is 0.255. The van der Waals surface area contributed by atoms with Crippen molar-refractivity contribution in [3.05, 3.63) is 0 Å².